The summed E-state index contributed by atoms with van der Waals surface area (Å²) in [6.07, 6.45) is 2.91. The van der Waals surface area contributed by atoms with Gasteiger partial charge < -0.3 is 19.9 Å². The third kappa shape index (κ3) is 5.24. The molecule has 0 amide bonds. The maximum Gasteiger partial charge on any atom is 0.229 e. The molecule has 0 aliphatic carbocycles. The van der Waals surface area contributed by atoms with Gasteiger partial charge >= 0.3 is 0 Å². The van der Waals surface area contributed by atoms with Gasteiger partial charge in [0.05, 0.1) is 18.4 Å². The fourth-order valence-corrected chi connectivity index (χ4v) is 4.58. The molecule has 0 atom stereocenters. The minimum Gasteiger partial charge on any atom is -0.486 e. The lowest BCUT2D eigenvalue weighted by Crippen LogP contribution is -2.43. The van der Waals surface area contributed by atoms with Crippen molar-refractivity contribution < 1.29 is 13.5 Å². The second-order valence-electron chi connectivity index (χ2n) is 9.59. The van der Waals surface area contributed by atoms with Crippen LogP contribution in [-0.2, 0) is 6.54 Å². The Balaban J connectivity index is 1.34. The first kappa shape index (κ1) is 24.3. The van der Waals surface area contributed by atoms with E-state index in [1.54, 1.807) is 6.07 Å². The van der Waals surface area contributed by atoms with Crippen molar-refractivity contribution >= 4 is 17.5 Å². The topological polar surface area (TPSA) is 69.7 Å². The smallest absolute Gasteiger partial charge is 0.229 e. The molecule has 190 valence electrons. The van der Waals surface area contributed by atoms with E-state index in [2.05, 4.69) is 37.1 Å². The SMILES string of the molecule is CC(C)N1CCOc2c(F)cc(-c3nc(Nc4ccc(CN5CCN(C)CC5)cn4)ncc3F)cc21. The zero-order valence-corrected chi connectivity index (χ0v) is 20.8. The average molecular weight is 496 g/mol. The van der Waals surface area contributed by atoms with Crippen LogP contribution >= 0.6 is 0 Å². The first-order chi connectivity index (χ1) is 17.4. The fraction of sp³-hybridized carbons (Fsp3) is 0.423. The Hall–Kier alpha value is -3.37. The van der Waals surface area contributed by atoms with Crippen LogP contribution in [0.15, 0.2) is 36.7 Å². The lowest BCUT2D eigenvalue weighted by atomic mass is 10.1. The number of anilines is 3. The molecule has 0 radical (unpaired) electrons. The highest BCUT2D eigenvalue weighted by molar-refractivity contribution is 5.73. The lowest BCUT2D eigenvalue weighted by molar-refractivity contribution is 0.148. The zero-order valence-electron chi connectivity index (χ0n) is 20.8. The second-order valence-corrected chi connectivity index (χ2v) is 9.59. The van der Waals surface area contributed by atoms with Crippen LogP contribution in [0.5, 0.6) is 5.75 Å². The molecular formula is C26H31F2N7O. The van der Waals surface area contributed by atoms with Crippen LogP contribution in [0, 0.1) is 11.6 Å². The Kier molecular flexibility index (Phi) is 6.97. The van der Waals surface area contributed by atoms with Crippen LogP contribution in [0.25, 0.3) is 11.3 Å². The number of halogens is 2. The minimum absolute atomic E-state index is 0.00941. The van der Waals surface area contributed by atoms with E-state index < -0.39 is 11.6 Å². The van der Waals surface area contributed by atoms with E-state index in [0.29, 0.717) is 30.2 Å². The Morgan fingerprint density at radius 2 is 1.81 bits per heavy atom. The van der Waals surface area contributed by atoms with Crippen molar-refractivity contribution in [2.45, 2.75) is 26.4 Å². The third-order valence-electron chi connectivity index (χ3n) is 6.62. The highest BCUT2D eigenvalue weighted by Gasteiger charge is 2.25. The molecule has 5 rings (SSSR count). The van der Waals surface area contributed by atoms with E-state index in [1.807, 2.05) is 37.1 Å². The first-order valence-corrected chi connectivity index (χ1v) is 12.3. The van der Waals surface area contributed by atoms with Crippen molar-refractivity contribution in [3.63, 3.8) is 0 Å². The van der Waals surface area contributed by atoms with Crippen LogP contribution in [0.2, 0.25) is 0 Å². The highest BCUT2D eigenvalue weighted by atomic mass is 19.1. The van der Waals surface area contributed by atoms with E-state index in [0.717, 1.165) is 44.5 Å². The molecule has 1 aromatic carbocycles. The summed E-state index contributed by atoms with van der Waals surface area (Å²) in [5, 5.41) is 3.03. The number of likely N-dealkylation sites (N-methyl/N-ethyl adjacent to an activating group) is 1. The zero-order chi connectivity index (χ0) is 25.2. The number of hydrogen-bond donors (Lipinski definition) is 1. The number of fused-ring (bicyclic) bond motifs is 1. The molecule has 2 aliphatic rings. The summed E-state index contributed by atoms with van der Waals surface area (Å²) >= 11 is 0. The Morgan fingerprint density at radius 3 is 2.53 bits per heavy atom. The van der Waals surface area contributed by atoms with Gasteiger partial charge in [0.1, 0.15) is 18.1 Å². The molecule has 36 heavy (non-hydrogen) atoms. The average Bonchev–Trinajstić information content (AvgIpc) is 2.87. The molecule has 1 saturated heterocycles. The number of nitrogens with one attached hydrogen (secondary N) is 1. The highest BCUT2D eigenvalue weighted by Crippen LogP contribution is 2.39. The van der Waals surface area contributed by atoms with Crippen LogP contribution in [-0.4, -0.2) is 77.2 Å². The Bertz CT molecular complexity index is 1210. The summed E-state index contributed by atoms with van der Waals surface area (Å²) in [5.41, 5.74) is 2.04. The summed E-state index contributed by atoms with van der Waals surface area (Å²) < 4.78 is 35.2. The van der Waals surface area contributed by atoms with Crippen LogP contribution in [0.3, 0.4) is 0 Å². The van der Waals surface area contributed by atoms with Gasteiger partial charge in [-0.25, -0.2) is 23.7 Å². The maximum absolute atomic E-state index is 14.9. The summed E-state index contributed by atoms with van der Waals surface area (Å²) in [6, 6.07) is 6.98. The molecular weight excluding hydrogens is 464 g/mol. The number of aromatic nitrogens is 3. The molecule has 0 spiro atoms. The van der Waals surface area contributed by atoms with Gasteiger partial charge in [0.2, 0.25) is 5.95 Å². The van der Waals surface area contributed by atoms with Crippen LogP contribution in [0.4, 0.5) is 26.2 Å². The van der Waals surface area contributed by atoms with Gasteiger partial charge in [0, 0.05) is 50.5 Å². The number of piperazine rings is 1. The van der Waals surface area contributed by atoms with Crippen molar-refractivity contribution in [2.24, 2.45) is 0 Å². The quantitative estimate of drug-likeness (QED) is 0.552. The summed E-state index contributed by atoms with van der Waals surface area (Å²) in [7, 11) is 2.14. The number of rotatable bonds is 6. The molecule has 10 heteroatoms. The summed E-state index contributed by atoms with van der Waals surface area (Å²) in [5.74, 6) is -0.264. The van der Waals surface area contributed by atoms with E-state index in [9.17, 15) is 8.78 Å². The normalized spacial score (nSPS) is 16.7. The van der Waals surface area contributed by atoms with Crippen LogP contribution in [0.1, 0.15) is 19.4 Å². The molecule has 0 saturated carbocycles. The summed E-state index contributed by atoms with van der Waals surface area (Å²) in [4.78, 5) is 19.6. The van der Waals surface area contributed by atoms with Gasteiger partial charge in [-0.15, -0.1) is 0 Å². The molecule has 1 N–H and O–H groups in total. The first-order valence-electron chi connectivity index (χ1n) is 12.3. The van der Waals surface area contributed by atoms with Gasteiger partial charge in [-0.2, -0.15) is 0 Å². The molecule has 4 heterocycles. The standard InChI is InChI=1S/C26H31F2N7O/c1-17(2)35-10-11-36-25-20(27)12-19(13-22(25)35)24-21(28)15-30-26(32-24)31-23-5-4-18(14-29-23)16-34-8-6-33(3)7-9-34/h4-5,12-15,17H,6-11,16H2,1-3H3,(H,29,30,31,32). The van der Waals surface area contributed by atoms with Gasteiger partial charge in [-0.05, 0) is 44.7 Å². The molecule has 8 nitrogen and oxygen atoms in total. The molecule has 0 bridgehead atoms. The van der Waals surface area contributed by atoms with Crippen molar-refractivity contribution in [1.82, 2.24) is 24.8 Å². The van der Waals surface area contributed by atoms with E-state index >= 15 is 0 Å². The predicted molar refractivity (Wildman–Crippen MR) is 136 cm³/mol. The second kappa shape index (κ2) is 10.3. The monoisotopic (exact) mass is 495 g/mol. The Morgan fingerprint density at radius 1 is 1.00 bits per heavy atom. The minimum atomic E-state index is -0.636. The number of ether oxygens (including phenoxy) is 1. The lowest BCUT2D eigenvalue weighted by Gasteiger charge is -2.34. The molecule has 3 aromatic rings. The van der Waals surface area contributed by atoms with Gasteiger partial charge in [-0.1, -0.05) is 6.07 Å². The molecule has 1 fully saturated rings. The van der Waals surface area contributed by atoms with Crippen molar-refractivity contribution in [3.05, 3.63) is 53.9 Å². The van der Waals surface area contributed by atoms with E-state index in [4.69, 9.17) is 4.74 Å². The molecule has 2 aromatic heterocycles. The van der Waals surface area contributed by atoms with Gasteiger partial charge in [0.25, 0.3) is 0 Å². The number of pyridine rings is 1. The molecule has 0 unspecified atom stereocenters. The number of hydrogen-bond acceptors (Lipinski definition) is 8. The fourth-order valence-electron chi connectivity index (χ4n) is 4.58. The van der Waals surface area contributed by atoms with E-state index in [1.165, 1.54) is 6.07 Å². The number of benzene rings is 1. The van der Waals surface area contributed by atoms with Gasteiger partial charge in [-0.3, -0.25) is 4.90 Å². The van der Waals surface area contributed by atoms with Crippen molar-refractivity contribution in [1.29, 1.82) is 0 Å². The summed E-state index contributed by atoms with van der Waals surface area (Å²) in [6.45, 7) is 10.1. The largest absolute Gasteiger partial charge is 0.486 e. The molecule has 2 aliphatic heterocycles. The van der Waals surface area contributed by atoms with Crippen LogP contribution < -0.4 is 15.0 Å². The maximum atomic E-state index is 14.9. The van der Waals surface area contributed by atoms with Crippen molar-refractivity contribution in [3.8, 4) is 17.0 Å². The van der Waals surface area contributed by atoms with E-state index in [-0.39, 0.29) is 23.4 Å². The Labute approximate surface area is 209 Å². The van der Waals surface area contributed by atoms with Crippen molar-refractivity contribution in [2.75, 3.05) is 56.6 Å². The number of nitrogens with zero attached hydrogens (tertiary/aromatic N) is 6. The predicted octanol–water partition coefficient (Wildman–Crippen LogP) is 3.92. The van der Waals surface area contributed by atoms with Gasteiger partial charge in [0.15, 0.2) is 17.4 Å². The third-order valence-corrected chi connectivity index (χ3v) is 6.62.